The monoisotopic (exact) mass is 417 g/mol. The average Bonchev–Trinajstić information content (AvgIpc) is 3.08. The SMILES string of the molecule is C=CCn1c(COc2ccc(CC)cc2)nnc1SCc1c(F)cccc1Cl. The molecule has 2 aromatic carbocycles. The van der Waals surface area contributed by atoms with Gasteiger partial charge >= 0.3 is 0 Å². The molecule has 3 aromatic rings. The first-order valence-corrected chi connectivity index (χ1v) is 10.3. The van der Waals surface area contributed by atoms with Crippen molar-refractivity contribution in [2.75, 3.05) is 0 Å². The summed E-state index contributed by atoms with van der Waals surface area (Å²) in [6, 6.07) is 12.7. The third-order valence-corrected chi connectivity index (χ3v) is 5.56. The van der Waals surface area contributed by atoms with Crippen LogP contribution in [-0.4, -0.2) is 14.8 Å². The van der Waals surface area contributed by atoms with E-state index >= 15 is 0 Å². The van der Waals surface area contributed by atoms with E-state index < -0.39 is 0 Å². The van der Waals surface area contributed by atoms with Gasteiger partial charge in [-0.25, -0.2) is 4.39 Å². The van der Waals surface area contributed by atoms with Gasteiger partial charge in [0.05, 0.1) is 0 Å². The molecule has 0 fully saturated rings. The molecule has 3 rings (SSSR count). The third-order valence-electron chi connectivity index (χ3n) is 4.21. The van der Waals surface area contributed by atoms with Crippen LogP contribution < -0.4 is 4.74 Å². The Bertz CT molecular complexity index is 923. The molecule has 0 N–H and O–H groups in total. The molecule has 0 amide bonds. The number of hydrogen-bond donors (Lipinski definition) is 0. The highest BCUT2D eigenvalue weighted by atomic mass is 35.5. The number of aromatic nitrogens is 3. The van der Waals surface area contributed by atoms with Crippen molar-refractivity contribution >= 4 is 23.4 Å². The fourth-order valence-electron chi connectivity index (χ4n) is 2.62. The summed E-state index contributed by atoms with van der Waals surface area (Å²) < 4.78 is 21.7. The van der Waals surface area contributed by atoms with Gasteiger partial charge in [-0.1, -0.05) is 54.6 Å². The molecule has 0 saturated carbocycles. The maximum Gasteiger partial charge on any atom is 0.191 e. The van der Waals surface area contributed by atoms with Crippen molar-refractivity contribution in [2.45, 2.75) is 37.4 Å². The predicted octanol–water partition coefficient (Wildman–Crippen LogP) is 5.69. The van der Waals surface area contributed by atoms with E-state index in [1.54, 1.807) is 18.2 Å². The molecule has 146 valence electrons. The summed E-state index contributed by atoms with van der Waals surface area (Å²) in [5, 5.41) is 9.53. The second-order valence-corrected chi connectivity index (χ2v) is 7.42. The molecule has 0 atom stereocenters. The molecule has 28 heavy (non-hydrogen) atoms. The van der Waals surface area contributed by atoms with Gasteiger partial charge in [0, 0.05) is 22.9 Å². The molecule has 0 unspecified atom stereocenters. The van der Waals surface area contributed by atoms with E-state index in [4.69, 9.17) is 16.3 Å². The average molecular weight is 418 g/mol. The van der Waals surface area contributed by atoms with Crippen LogP contribution in [0.5, 0.6) is 5.75 Å². The van der Waals surface area contributed by atoms with Crippen molar-refractivity contribution in [1.29, 1.82) is 0 Å². The Hall–Kier alpha value is -2.31. The van der Waals surface area contributed by atoms with Gasteiger partial charge < -0.3 is 4.74 Å². The van der Waals surface area contributed by atoms with Crippen LogP contribution in [-0.2, 0) is 25.3 Å². The fourth-order valence-corrected chi connectivity index (χ4v) is 3.93. The number of aryl methyl sites for hydroxylation is 1. The lowest BCUT2D eigenvalue weighted by Gasteiger charge is -2.10. The van der Waals surface area contributed by atoms with Crippen LogP contribution in [0.3, 0.4) is 0 Å². The van der Waals surface area contributed by atoms with Crippen LogP contribution in [0.2, 0.25) is 5.02 Å². The van der Waals surface area contributed by atoms with E-state index in [-0.39, 0.29) is 12.4 Å². The van der Waals surface area contributed by atoms with Crippen molar-refractivity contribution in [3.05, 3.63) is 82.9 Å². The first kappa shape index (κ1) is 20.4. The summed E-state index contributed by atoms with van der Waals surface area (Å²) in [6.07, 6.45) is 2.75. The second-order valence-electron chi connectivity index (χ2n) is 6.07. The first-order chi connectivity index (χ1) is 13.6. The Balaban J connectivity index is 1.70. The Morgan fingerprint density at radius 3 is 2.68 bits per heavy atom. The van der Waals surface area contributed by atoms with E-state index in [1.807, 2.05) is 28.8 Å². The predicted molar refractivity (Wildman–Crippen MR) is 111 cm³/mol. The summed E-state index contributed by atoms with van der Waals surface area (Å²) in [5.41, 5.74) is 1.71. The number of thioether (sulfide) groups is 1. The summed E-state index contributed by atoms with van der Waals surface area (Å²) in [4.78, 5) is 0. The van der Waals surface area contributed by atoms with Crippen molar-refractivity contribution < 1.29 is 9.13 Å². The van der Waals surface area contributed by atoms with Crippen molar-refractivity contribution in [1.82, 2.24) is 14.8 Å². The molecule has 1 heterocycles. The molecule has 0 saturated heterocycles. The Kier molecular flexibility index (Phi) is 7.12. The van der Waals surface area contributed by atoms with Crippen molar-refractivity contribution in [3.63, 3.8) is 0 Å². The number of halogens is 2. The van der Waals surface area contributed by atoms with Gasteiger partial charge in [-0.2, -0.15) is 0 Å². The van der Waals surface area contributed by atoms with Crippen molar-refractivity contribution in [3.8, 4) is 5.75 Å². The van der Waals surface area contributed by atoms with E-state index in [9.17, 15) is 4.39 Å². The molecule has 0 aliphatic carbocycles. The number of nitrogens with zero attached hydrogens (tertiary/aromatic N) is 3. The van der Waals surface area contributed by atoms with E-state index in [0.717, 1.165) is 12.2 Å². The second kappa shape index (κ2) is 9.75. The lowest BCUT2D eigenvalue weighted by molar-refractivity contribution is 0.289. The summed E-state index contributed by atoms with van der Waals surface area (Å²) in [7, 11) is 0. The first-order valence-electron chi connectivity index (χ1n) is 8.92. The van der Waals surface area contributed by atoms with Crippen LogP contribution in [0.4, 0.5) is 4.39 Å². The zero-order valence-corrected chi connectivity index (χ0v) is 17.1. The van der Waals surface area contributed by atoms with Crippen LogP contribution in [0.1, 0.15) is 23.9 Å². The van der Waals surface area contributed by atoms with Crippen LogP contribution in [0.15, 0.2) is 60.3 Å². The van der Waals surface area contributed by atoms with Crippen LogP contribution in [0, 0.1) is 5.82 Å². The molecule has 0 aliphatic heterocycles. The van der Waals surface area contributed by atoms with Gasteiger partial charge in [-0.05, 0) is 36.2 Å². The minimum absolute atomic E-state index is 0.285. The highest BCUT2D eigenvalue weighted by Crippen LogP contribution is 2.28. The Labute approximate surface area is 173 Å². The molecule has 4 nitrogen and oxygen atoms in total. The zero-order chi connectivity index (χ0) is 19.9. The highest BCUT2D eigenvalue weighted by Gasteiger charge is 2.15. The lowest BCUT2D eigenvalue weighted by Crippen LogP contribution is -2.07. The molecule has 0 radical (unpaired) electrons. The van der Waals surface area contributed by atoms with E-state index in [0.29, 0.717) is 33.9 Å². The van der Waals surface area contributed by atoms with Gasteiger partial charge in [0.1, 0.15) is 18.2 Å². The van der Waals surface area contributed by atoms with Gasteiger partial charge in [-0.15, -0.1) is 16.8 Å². The Morgan fingerprint density at radius 2 is 2.00 bits per heavy atom. The standard InChI is InChI=1S/C21H21ClFN3OS/c1-3-12-26-20(13-27-16-10-8-15(4-2)9-11-16)24-25-21(26)28-14-17-18(22)6-5-7-19(17)23/h3,5-11H,1,4,12-14H2,2H3. The third kappa shape index (κ3) is 4.94. The summed E-state index contributed by atoms with van der Waals surface area (Å²) in [5.74, 6) is 1.49. The quantitative estimate of drug-likeness (QED) is 0.331. The number of ether oxygens (including phenoxy) is 1. The van der Waals surface area contributed by atoms with Gasteiger partial charge in [0.25, 0.3) is 0 Å². The summed E-state index contributed by atoms with van der Waals surface area (Å²) in [6.45, 7) is 6.73. The largest absolute Gasteiger partial charge is 0.486 e. The van der Waals surface area contributed by atoms with Crippen LogP contribution in [0.25, 0.3) is 0 Å². The minimum Gasteiger partial charge on any atom is -0.486 e. The molecule has 0 aliphatic rings. The molecule has 0 bridgehead atoms. The molecule has 7 heteroatoms. The smallest absolute Gasteiger partial charge is 0.191 e. The molecular weight excluding hydrogens is 397 g/mol. The van der Waals surface area contributed by atoms with E-state index in [1.165, 1.54) is 23.4 Å². The topological polar surface area (TPSA) is 39.9 Å². The van der Waals surface area contributed by atoms with Gasteiger partial charge in [0.15, 0.2) is 11.0 Å². The van der Waals surface area contributed by atoms with Crippen molar-refractivity contribution in [2.24, 2.45) is 0 Å². The lowest BCUT2D eigenvalue weighted by atomic mass is 10.2. The number of allylic oxidation sites excluding steroid dienone is 1. The maximum absolute atomic E-state index is 14.0. The minimum atomic E-state index is -0.325. The molecule has 0 spiro atoms. The fraction of sp³-hybridized carbons (Fsp3) is 0.238. The number of hydrogen-bond acceptors (Lipinski definition) is 4. The molecule has 1 aromatic heterocycles. The Morgan fingerprint density at radius 1 is 1.21 bits per heavy atom. The van der Waals surface area contributed by atoms with Gasteiger partial charge in [0.2, 0.25) is 0 Å². The normalized spacial score (nSPS) is 10.8. The number of rotatable bonds is 9. The number of benzene rings is 2. The van der Waals surface area contributed by atoms with Gasteiger partial charge in [-0.3, -0.25) is 4.57 Å². The molecular formula is C21H21ClFN3OS. The zero-order valence-electron chi connectivity index (χ0n) is 15.6. The van der Waals surface area contributed by atoms with Crippen LogP contribution >= 0.6 is 23.4 Å². The summed E-state index contributed by atoms with van der Waals surface area (Å²) >= 11 is 7.49. The van der Waals surface area contributed by atoms with E-state index in [2.05, 4.69) is 23.7 Å². The maximum atomic E-state index is 14.0. The highest BCUT2D eigenvalue weighted by molar-refractivity contribution is 7.98.